The molecule has 96 valence electrons. The van der Waals surface area contributed by atoms with E-state index in [1.54, 1.807) is 12.1 Å². The molecule has 2 fully saturated rings. The minimum Gasteiger partial charge on any atom is -0.490 e. The van der Waals surface area contributed by atoms with Gasteiger partial charge in [0, 0.05) is 0 Å². The molecule has 0 aliphatic heterocycles. The Kier molecular flexibility index (Phi) is 2.73. The molecule has 2 aliphatic carbocycles. The van der Waals surface area contributed by atoms with Gasteiger partial charge in [0.2, 0.25) is 6.41 Å². The Hall–Kier alpha value is -1.58. The third-order valence-corrected chi connectivity index (χ3v) is 3.74. The molecule has 2 aliphatic rings. The lowest BCUT2D eigenvalue weighted by Gasteiger charge is -2.16. The largest absolute Gasteiger partial charge is 0.490 e. The molecule has 0 atom stereocenters. The maximum atomic E-state index is 13.6. The summed E-state index contributed by atoms with van der Waals surface area (Å²) in [6.07, 6.45) is 4.87. The van der Waals surface area contributed by atoms with E-state index in [2.05, 4.69) is 5.32 Å². The quantitative estimate of drug-likeness (QED) is 0.786. The molecule has 1 amide bonds. The lowest BCUT2D eigenvalue weighted by Crippen LogP contribution is -2.27. The molecule has 1 aromatic carbocycles. The van der Waals surface area contributed by atoms with E-state index in [0.717, 1.165) is 18.4 Å². The smallest absolute Gasteiger partial charge is 0.207 e. The Morgan fingerprint density at radius 1 is 1.44 bits per heavy atom. The van der Waals surface area contributed by atoms with E-state index in [9.17, 15) is 9.18 Å². The first-order valence-electron chi connectivity index (χ1n) is 6.38. The van der Waals surface area contributed by atoms with Gasteiger partial charge in [-0.15, -0.1) is 0 Å². The molecule has 0 spiro atoms. The van der Waals surface area contributed by atoms with E-state index in [4.69, 9.17) is 4.74 Å². The topological polar surface area (TPSA) is 38.3 Å². The average Bonchev–Trinajstić information content (AvgIpc) is 3.23. The summed E-state index contributed by atoms with van der Waals surface area (Å²) in [5, 5.41) is 2.81. The van der Waals surface area contributed by atoms with Gasteiger partial charge in [-0.1, -0.05) is 6.07 Å². The average molecular weight is 249 g/mol. The zero-order valence-electron chi connectivity index (χ0n) is 10.1. The highest BCUT2D eigenvalue weighted by Gasteiger charge is 2.44. The van der Waals surface area contributed by atoms with Crippen molar-refractivity contribution in [3.05, 3.63) is 29.6 Å². The fraction of sp³-hybridized carbons (Fsp3) is 0.500. The van der Waals surface area contributed by atoms with Crippen molar-refractivity contribution in [2.45, 2.75) is 31.2 Å². The molecule has 3 rings (SSSR count). The van der Waals surface area contributed by atoms with Gasteiger partial charge in [-0.3, -0.25) is 4.79 Å². The molecule has 1 N–H and O–H groups in total. The van der Waals surface area contributed by atoms with Crippen LogP contribution in [0.2, 0.25) is 0 Å². The first-order chi connectivity index (χ1) is 8.73. The highest BCUT2D eigenvalue weighted by Crippen LogP contribution is 2.46. The summed E-state index contributed by atoms with van der Waals surface area (Å²) < 4.78 is 19.1. The number of amides is 1. The molecule has 2 saturated carbocycles. The summed E-state index contributed by atoms with van der Waals surface area (Å²) in [6.45, 7) is 0.592. The normalized spacial score (nSPS) is 20.3. The molecule has 0 saturated heterocycles. The third-order valence-electron chi connectivity index (χ3n) is 3.74. The Balaban J connectivity index is 1.78. The Morgan fingerprint density at radius 3 is 2.83 bits per heavy atom. The number of nitrogens with one attached hydrogen (secondary N) is 1. The van der Waals surface area contributed by atoms with Crippen molar-refractivity contribution in [3.8, 4) is 5.75 Å². The lowest BCUT2D eigenvalue weighted by molar-refractivity contribution is -0.110. The second-order valence-corrected chi connectivity index (χ2v) is 5.24. The van der Waals surface area contributed by atoms with Crippen LogP contribution < -0.4 is 10.1 Å². The molecule has 4 heteroatoms. The minimum absolute atomic E-state index is 0.285. The van der Waals surface area contributed by atoms with Gasteiger partial charge >= 0.3 is 0 Å². The van der Waals surface area contributed by atoms with Crippen LogP contribution in [-0.4, -0.2) is 13.0 Å². The summed E-state index contributed by atoms with van der Waals surface area (Å²) >= 11 is 0. The van der Waals surface area contributed by atoms with Crippen molar-refractivity contribution in [3.63, 3.8) is 0 Å². The number of hydrogen-bond donors (Lipinski definition) is 1. The summed E-state index contributed by atoms with van der Waals surface area (Å²) in [5.41, 5.74) is 0.648. The Bertz CT molecular complexity index is 467. The maximum Gasteiger partial charge on any atom is 0.207 e. The molecule has 0 aromatic heterocycles. The number of ether oxygens (including phenoxy) is 1. The molecule has 0 heterocycles. The van der Waals surface area contributed by atoms with Gasteiger partial charge in [-0.05, 0) is 49.3 Å². The van der Waals surface area contributed by atoms with Crippen LogP contribution in [0.25, 0.3) is 0 Å². The summed E-state index contributed by atoms with van der Waals surface area (Å²) in [7, 11) is 0. The minimum atomic E-state index is -0.332. The van der Waals surface area contributed by atoms with Crippen LogP contribution >= 0.6 is 0 Å². The zero-order valence-corrected chi connectivity index (χ0v) is 10.1. The molecule has 0 bridgehead atoms. The van der Waals surface area contributed by atoms with E-state index in [1.807, 2.05) is 0 Å². The standard InChI is InChI=1S/C14H16FNO2/c15-12-4-3-11(14(5-6-14)16-9-17)7-13(12)18-8-10-1-2-10/h3-4,7,9-10H,1-2,5-6,8H2,(H,16,17). The Morgan fingerprint density at radius 2 is 2.22 bits per heavy atom. The first-order valence-corrected chi connectivity index (χ1v) is 6.38. The van der Waals surface area contributed by atoms with Gasteiger partial charge < -0.3 is 10.1 Å². The molecule has 0 unspecified atom stereocenters. The number of hydrogen-bond acceptors (Lipinski definition) is 2. The SMILES string of the molecule is O=CNC1(c2ccc(F)c(OCC3CC3)c2)CC1. The van der Waals surface area contributed by atoms with Crippen molar-refractivity contribution in [2.75, 3.05) is 6.61 Å². The summed E-state index contributed by atoms with van der Waals surface area (Å²) in [6, 6.07) is 4.87. The monoisotopic (exact) mass is 249 g/mol. The molecule has 3 nitrogen and oxygen atoms in total. The number of carbonyl (C=O) groups excluding carboxylic acids is 1. The summed E-state index contributed by atoms with van der Waals surface area (Å²) in [4.78, 5) is 10.6. The predicted octanol–water partition coefficient (Wildman–Crippen LogP) is 2.35. The van der Waals surface area contributed by atoms with E-state index in [0.29, 0.717) is 24.7 Å². The molecular formula is C14H16FNO2. The number of benzene rings is 1. The second-order valence-electron chi connectivity index (χ2n) is 5.24. The molecule has 18 heavy (non-hydrogen) atoms. The highest BCUT2D eigenvalue weighted by atomic mass is 19.1. The van der Waals surface area contributed by atoms with Gasteiger partial charge in [0.05, 0.1) is 12.1 Å². The van der Waals surface area contributed by atoms with E-state index < -0.39 is 0 Å². The van der Waals surface area contributed by atoms with Crippen LogP contribution in [0.1, 0.15) is 31.2 Å². The van der Waals surface area contributed by atoms with E-state index in [1.165, 1.54) is 18.9 Å². The highest BCUT2D eigenvalue weighted by molar-refractivity contribution is 5.52. The number of halogens is 1. The fourth-order valence-electron chi connectivity index (χ4n) is 2.16. The number of rotatable bonds is 6. The van der Waals surface area contributed by atoms with E-state index >= 15 is 0 Å². The van der Waals surface area contributed by atoms with E-state index in [-0.39, 0.29) is 11.4 Å². The van der Waals surface area contributed by atoms with Crippen LogP contribution in [0.5, 0.6) is 5.75 Å². The predicted molar refractivity (Wildman–Crippen MR) is 64.7 cm³/mol. The maximum absolute atomic E-state index is 13.6. The van der Waals surface area contributed by atoms with Gasteiger partial charge in [0.1, 0.15) is 0 Å². The van der Waals surface area contributed by atoms with Crippen LogP contribution in [-0.2, 0) is 10.3 Å². The van der Waals surface area contributed by atoms with Gasteiger partial charge in [-0.2, -0.15) is 0 Å². The molecule has 0 radical (unpaired) electrons. The zero-order chi connectivity index (χ0) is 12.6. The second kappa shape index (κ2) is 4.26. The summed E-state index contributed by atoms with van der Waals surface area (Å²) in [5.74, 6) is 0.565. The van der Waals surface area contributed by atoms with Crippen molar-refractivity contribution in [1.29, 1.82) is 0 Å². The number of carbonyl (C=O) groups is 1. The molecular weight excluding hydrogens is 233 g/mol. The lowest BCUT2D eigenvalue weighted by atomic mass is 10.0. The van der Waals surface area contributed by atoms with Crippen molar-refractivity contribution >= 4 is 6.41 Å². The molecule has 1 aromatic rings. The van der Waals surface area contributed by atoms with Gasteiger partial charge in [0.25, 0.3) is 0 Å². The first kappa shape index (κ1) is 11.5. The van der Waals surface area contributed by atoms with Crippen LogP contribution in [0.3, 0.4) is 0 Å². The third kappa shape index (κ3) is 2.19. The van der Waals surface area contributed by atoms with Crippen molar-refractivity contribution in [2.24, 2.45) is 5.92 Å². The van der Waals surface area contributed by atoms with Crippen LogP contribution in [0.15, 0.2) is 18.2 Å². The Labute approximate surface area is 105 Å². The van der Waals surface area contributed by atoms with Crippen molar-refractivity contribution < 1.29 is 13.9 Å². The van der Waals surface area contributed by atoms with Crippen molar-refractivity contribution in [1.82, 2.24) is 5.32 Å². The van der Waals surface area contributed by atoms with Gasteiger partial charge in [0.15, 0.2) is 11.6 Å². The fourth-order valence-corrected chi connectivity index (χ4v) is 2.16. The van der Waals surface area contributed by atoms with Crippen LogP contribution in [0.4, 0.5) is 4.39 Å². The van der Waals surface area contributed by atoms with Crippen LogP contribution in [0, 0.1) is 11.7 Å². The van der Waals surface area contributed by atoms with Gasteiger partial charge in [-0.25, -0.2) is 4.39 Å².